The molecule has 0 aliphatic heterocycles. The maximum atomic E-state index is 14.0. The Balaban J connectivity index is 1.65. The zero-order valence-electron chi connectivity index (χ0n) is 21.3. The second-order valence-electron chi connectivity index (χ2n) is 10.3. The molecule has 39 heavy (non-hydrogen) atoms. The molecule has 0 bridgehead atoms. The number of phenols is 1. The van der Waals surface area contributed by atoms with Gasteiger partial charge in [-0.1, -0.05) is 13.3 Å². The van der Waals surface area contributed by atoms with Gasteiger partial charge >= 0.3 is 6.36 Å². The van der Waals surface area contributed by atoms with Gasteiger partial charge in [-0.25, -0.2) is 0 Å². The molecule has 0 spiro atoms. The SMILES string of the molecule is CCCCOc1noc2c1C(=O)[C@@]1(O)C(=O)C3=C(O)c4c(O)ccc(OC(F)(F)F)c4C[C@H]3C[C@H]1[C@@H]2N(C)C. The molecular weight excluding hydrogens is 525 g/mol. The number of Topliss-reactive ketones (excluding diaryl/α,β-unsaturated/α-hetero) is 2. The van der Waals surface area contributed by atoms with Crippen LogP contribution in [0.1, 0.15) is 59.5 Å². The van der Waals surface area contributed by atoms with Crippen LogP contribution in [0.25, 0.3) is 5.76 Å². The summed E-state index contributed by atoms with van der Waals surface area (Å²) in [6.07, 6.45) is -3.89. The fourth-order valence-corrected chi connectivity index (χ4v) is 6.03. The van der Waals surface area contributed by atoms with Crippen molar-refractivity contribution in [2.75, 3.05) is 20.7 Å². The number of hydrogen-bond donors (Lipinski definition) is 3. The number of ether oxygens (including phenoxy) is 2. The fourth-order valence-electron chi connectivity index (χ4n) is 6.03. The summed E-state index contributed by atoms with van der Waals surface area (Å²) < 4.78 is 54.5. The molecule has 0 amide bonds. The average molecular weight is 553 g/mol. The topological polar surface area (TPSA) is 143 Å². The molecular formula is C26H27F3N2O8. The molecule has 13 heteroatoms. The van der Waals surface area contributed by atoms with E-state index in [9.17, 15) is 38.1 Å². The number of hydrogen-bond acceptors (Lipinski definition) is 10. The number of rotatable bonds is 6. The third kappa shape index (κ3) is 4.06. The molecule has 5 rings (SSSR count). The number of ketones is 2. The Kier molecular flexibility index (Phi) is 6.41. The molecule has 10 nitrogen and oxygen atoms in total. The fraction of sp³-hybridized carbons (Fsp3) is 0.500. The Morgan fingerprint density at radius 2 is 1.90 bits per heavy atom. The van der Waals surface area contributed by atoms with Crippen molar-refractivity contribution in [3.05, 3.63) is 40.2 Å². The quantitative estimate of drug-likeness (QED) is 0.359. The van der Waals surface area contributed by atoms with Gasteiger partial charge in [-0.05, 0) is 56.6 Å². The lowest BCUT2D eigenvalue weighted by Crippen LogP contribution is -2.63. The van der Waals surface area contributed by atoms with E-state index in [1.54, 1.807) is 19.0 Å². The highest BCUT2D eigenvalue weighted by Gasteiger charge is 2.65. The number of phenolic OH excluding ortho intramolecular Hbond substituents is 1. The number of carbonyl (C=O) groups excluding carboxylic acids is 2. The van der Waals surface area contributed by atoms with E-state index in [4.69, 9.17) is 9.26 Å². The molecule has 1 heterocycles. The number of halogens is 3. The number of aromatic nitrogens is 1. The first-order valence-electron chi connectivity index (χ1n) is 12.5. The standard InChI is InChI=1S/C26H27F3N2O8/c1-4-5-8-37-24-18-21(39-30-24)19(31(2)3)13-10-11-9-12-15(38-26(27,28)29)7-6-14(32)17(12)20(33)16(11)22(34)25(13,36)23(18)35/h6-7,11,13,19,32-33,36H,4-5,8-10H2,1-3H3/t11-,13-,19-,25-/m0/s1. The number of carbonyl (C=O) groups is 2. The highest BCUT2D eigenvalue weighted by atomic mass is 19.4. The summed E-state index contributed by atoms with van der Waals surface area (Å²) in [6, 6.07) is 0.996. The highest BCUT2D eigenvalue weighted by molar-refractivity contribution is 6.26. The summed E-state index contributed by atoms with van der Waals surface area (Å²) in [5, 5.41) is 37.3. The lowest BCUT2D eigenvalue weighted by atomic mass is 9.57. The Hall–Kier alpha value is -3.58. The molecule has 1 aromatic carbocycles. The lowest BCUT2D eigenvalue weighted by Gasteiger charge is -2.49. The molecule has 3 N–H and O–H groups in total. The van der Waals surface area contributed by atoms with Crippen LogP contribution in [0.15, 0.2) is 22.2 Å². The van der Waals surface area contributed by atoms with Crippen LogP contribution in [-0.2, 0) is 11.2 Å². The van der Waals surface area contributed by atoms with Crippen LogP contribution in [0, 0.1) is 11.8 Å². The molecule has 0 radical (unpaired) electrons. The van der Waals surface area contributed by atoms with Gasteiger partial charge in [-0.2, -0.15) is 0 Å². The van der Waals surface area contributed by atoms with Crippen molar-refractivity contribution in [3.8, 4) is 17.4 Å². The van der Waals surface area contributed by atoms with Crippen LogP contribution in [0.5, 0.6) is 17.4 Å². The zero-order chi connectivity index (χ0) is 28.4. The summed E-state index contributed by atoms with van der Waals surface area (Å²) in [6.45, 7) is 2.16. The minimum atomic E-state index is -5.04. The Labute approximate surface area is 220 Å². The number of aliphatic hydroxyl groups excluding tert-OH is 1. The van der Waals surface area contributed by atoms with E-state index in [1.165, 1.54) is 0 Å². The molecule has 1 fully saturated rings. The Bertz CT molecular complexity index is 1380. The van der Waals surface area contributed by atoms with Crippen LogP contribution >= 0.6 is 0 Å². The van der Waals surface area contributed by atoms with Gasteiger partial charge in [0.1, 0.15) is 22.8 Å². The van der Waals surface area contributed by atoms with Crippen LogP contribution in [-0.4, -0.2) is 69.6 Å². The molecule has 0 unspecified atom stereocenters. The van der Waals surface area contributed by atoms with E-state index in [0.717, 1.165) is 18.6 Å². The maximum Gasteiger partial charge on any atom is 0.573 e. The van der Waals surface area contributed by atoms with Crippen LogP contribution in [0.3, 0.4) is 0 Å². The summed E-state index contributed by atoms with van der Waals surface area (Å²) >= 11 is 0. The van der Waals surface area contributed by atoms with Gasteiger partial charge in [0.2, 0.25) is 11.6 Å². The number of benzene rings is 1. The molecule has 1 saturated carbocycles. The highest BCUT2D eigenvalue weighted by Crippen LogP contribution is 2.56. The molecule has 1 aromatic heterocycles. The number of alkyl halides is 3. The number of fused-ring (bicyclic) bond motifs is 4. The van der Waals surface area contributed by atoms with Crippen LogP contribution < -0.4 is 9.47 Å². The van der Waals surface area contributed by atoms with Crippen molar-refractivity contribution in [3.63, 3.8) is 0 Å². The number of nitrogens with zero attached hydrogens (tertiary/aromatic N) is 2. The van der Waals surface area contributed by atoms with E-state index >= 15 is 0 Å². The molecule has 3 aliphatic rings. The van der Waals surface area contributed by atoms with Crippen LogP contribution in [0.2, 0.25) is 0 Å². The van der Waals surface area contributed by atoms with E-state index in [1.807, 2.05) is 6.92 Å². The van der Waals surface area contributed by atoms with Gasteiger partial charge in [-0.15, -0.1) is 13.2 Å². The van der Waals surface area contributed by atoms with Crippen molar-refractivity contribution < 1.29 is 52.1 Å². The summed E-state index contributed by atoms with van der Waals surface area (Å²) in [7, 11) is 3.31. The van der Waals surface area contributed by atoms with Gasteiger partial charge in [0.25, 0.3) is 5.88 Å². The Morgan fingerprint density at radius 3 is 2.54 bits per heavy atom. The summed E-state index contributed by atoms with van der Waals surface area (Å²) in [5.41, 5.74) is -3.73. The van der Waals surface area contributed by atoms with E-state index in [2.05, 4.69) is 9.89 Å². The molecule has 4 atom stereocenters. The van der Waals surface area contributed by atoms with Crippen LogP contribution in [0.4, 0.5) is 13.2 Å². The van der Waals surface area contributed by atoms with E-state index in [-0.39, 0.29) is 47.8 Å². The summed E-state index contributed by atoms with van der Waals surface area (Å²) in [5.74, 6) is -6.17. The van der Waals surface area contributed by atoms with Crippen molar-refractivity contribution in [2.45, 2.75) is 50.6 Å². The van der Waals surface area contributed by atoms with Crippen molar-refractivity contribution >= 4 is 17.3 Å². The molecule has 0 saturated heterocycles. The molecule has 2 aromatic rings. The van der Waals surface area contributed by atoms with Gasteiger partial charge in [0.05, 0.1) is 18.2 Å². The van der Waals surface area contributed by atoms with Crippen molar-refractivity contribution in [1.82, 2.24) is 10.1 Å². The average Bonchev–Trinajstić information content (AvgIpc) is 3.25. The molecule has 3 aliphatic carbocycles. The maximum absolute atomic E-state index is 14.0. The summed E-state index contributed by atoms with van der Waals surface area (Å²) in [4.78, 5) is 29.4. The third-order valence-electron chi connectivity index (χ3n) is 7.69. The van der Waals surface area contributed by atoms with Crippen molar-refractivity contribution in [2.24, 2.45) is 11.8 Å². The van der Waals surface area contributed by atoms with Gasteiger partial charge < -0.3 is 29.3 Å². The lowest BCUT2D eigenvalue weighted by molar-refractivity contribution is -0.275. The van der Waals surface area contributed by atoms with E-state index < -0.39 is 64.2 Å². The predicted molar refractivity (Wildman–Crippen MR) is 127 cm³/mol. The first-order chi connectivity index (χ1) is 18.3. The van der Waals surface area contributed by atoms with E-state index in [0.29, 0.717) is 6.42 Å². The van der Waals surface area contributed by atoms with Gasteiger partial charge in [-0.3, -0.25) is 14.5 Å². The number of aliphatic hydroxyl groups is 2. The largest absolute Gasteiger partial charge is 0.573 e. The number of aromatic hydroxyl groups is 1. The first kappa shape index (κ1) is 27.0. The third-order valence-corrected chi connectivity index (χ3v) is 7.69. The van der Waals surface area contributed by atoms with Gasteiger partial charge in [0.15, 0.2) is 11.4 Å². The second-order valence-corrected chi connectivity index (χ2v) is 10.3. The zero-order valence-corrected chi connectivity index (χ0v) is 21.3. The minimum absolute atomic E-state index is 0.0804. The number of unbranched alkanes of at least 4 members (excludes halogenated alkanes) is 1. The Morgan fingerprint density at radius 1 is 1.18 bits per heavy atom. The van der Waals surface area contributed by atoms with Gasteiger partial charge in [0, 0.05) is 17.1 Å². The van der Waals surface area contributed by atoms with Crippen molar-refractivity contribution in [1.29, 1.82) is 0 Å². The predicted octanol–water partition coefficient (Wildman–Crippen LogP) is 3.72. The smallest absolute Gasteiger partial charge is 0.507 e. The minimum Gasteiger partial charge on any atom is -0.507 e. The monoisotopic (exact) mass is 552 g/mol. The first-order valence-corrected chi connectivity index (χ1v) is 12.5. The molecule has 210 valence electrons. The normalized spacial score (nSPS) is 26.2. The second kappa shape index (κ2) is 9.26.